The van der Waals surface area contributed by atoms with Crippen LogP contribution in [0.15, 0.2) is 30.3 Å². The summed E-state index contributed by atoms with van der Waals surface area (Å²) in [6.45, 7) is 4.56. The Kier molecular flexibility index (Phi) is 5.41. The lowest BCUT2D eigenvalue weighted by Crippen LogP contribution is -2.30. The van der Waals surface area contributed by atoms with Crippen LogP contribution in [-0.2, 0) is 6.42 Å². The summed E-state index contributed by atoms with van der Waals surface area (Å²) in [5.74, 6) is 0.728. The van der Waals surface area contributed by atoms with Crippen LogP contribution in [-0.4, -0.2) is 13.1 Å². The average molecular weight is 205 g/mol. The van der Waals surface area contributed by atoms with Gasteiger partial charge >= 0.3 is 0 Å². The van der Waals surface area contributed by atoms with Crippen molar-refractivity contribution in [1.29, 1.82) is 0 Å². The van der Waals surface area contributed by atoms with Crippen LogP contribution in [0.4, 0.5) is 0 Å². The third-order valence-electron chi connectivity index (χ3n) is 3.00. The van der Waals surface area contributed by atoms with E-state index in [9.17, 15) is 0 Å². The maximum Gasteiger partial charge on any atom is 0.00871 e. The van der Waals surface area contributed by atoms with Crippen molar-refractivity contribution in [2.24, 2.45) is 5.92 Å². The monoisotopic (exact) mass is 205 g/mol. The molecule has 0 aliphatic rings. The van der Waals surface area contributed by atoms with E-state index < -0.39 is 0 Å². The highest BCUT2D eigenvalue weighted by molar-refractivity contribution is 5.14. The molecule has 0 heterocycles. The molecule has 84 valence electrons. The predicted octanol–water partition coefficient (Wildman–Crippen LogP) is 3.25. The standard InChI is InChI=1S/C14H23N/c1-12(2)14(15-3)11-7-10-13-8-5-4-6-9-13/h4-6,8-9,12,14-15H,7,10-11H2,1-3H3. The Labute approximate surface area is 93.9 Å². The number of nitrogens with one attached hydrogen (secondary N) is 1. The first kappa shape index (κ1) is 12.3. The molecule has 1 unspecified atom stereocenters. The minimum absolute atomic E-state index is 0.661. The van der Waals surface area contributed by atoms with Crippen LogP contribution in [0, 0.1) is 5.92 Å². The van der Waals surface area contributed by atoms with Crippen molar-refractivity contribution >= 4 is 0 Å². The van der Waals surface area contributed by atoms with Crippen molar-refractivity contribution in [3.8, 4) is 0 Å². The maximum absolute atomic E-state index is 3.39. The molecule has 1 heteroatoms. The molecule has 1 N–H and O–H groups in total. The molecule has 1 atom stereocenters. The van der Waals surface area contributed by atoms with Gasteiger partial charge in [0.05, 0.1) is 0 Å². The molecule has 0 bridgehead atoms. The van der Waals surface area contributed by atoms with Crippen LogP contribution in [0.2, 0.25) is 0 Å². The van der Waals surface area contributed by atoms with Gasteiger partial charge in [-0.25, -0.2) is 0 Å². The zero-order chi connectivity index (χ0) is 11.1. The van der Waals surface area contributed by atoms with Crippen molar-refractivity contribution in [1.82, 2.24) is 5.32 Å². The molecule has 0 aromatic heterocycles. The van der Waals surface area contributed by atoms with E-state index in [0.29, 0.717) is 6.04 Å². The minimum atomic E-state index is 0.661. The second-order valence-corrected chi connectivity index (χ2v) is 4.52. The summed E-state index contributed by atoms with van der Waals surface area (Å²) in [4.78, 5) is 0. The highest BCUT2D eigenvalue weighted by atomic mass is 14.9. The number of aryl methyl sites for hydroxylation is 1. The molecule has 1 aromatic rings. The van der Waals surface area contributed by atoms with Crippen molar-refractivity contribution < 1.29 is 0 Å². The Morgan fingerprint density at radius 3 is 2.33 bits per heavy atom. The fourth-order valence-electron chi connectivity index (χ4n) is 1.98. The van der Waals surface area contributed by atoms with Crippen molar-refractivity contribution in [3.05, 3.63) is 35.9 Å². The van der Waals surface area contributed by atoms with E-state index in [-0.39, 0.29) is 0 Å². The molecule has 0 saturated heterocycles. The van der Waals surface area contributed by atoms with Gasteiger partial charge in [0.1, 0.15) is 0 Å². The molecule has 15 heavy (non-hydrogen) atoms. The second kappa shape index (κ2) is 6.62. The minimum Gasteiger partial charge on any atom is -0.317 e. The largest absolute Gasteiger partial charge is 0.317 e. The smallest absolute Gasteiger partial charge is 0.00871 e. The molecular weight excluding hydrogens is 182 g/mol. The van der Waals surface area contributed by atoms with Crippen LogP contribution >= 0.6 is 0 Å². The van der Waals surface area contributed by atoms with Gasteiger partial charge in [-0.05, 0) is 37.8 Å². The van der Waals surface area contributed by atoms with Gasteiger partial charge in [0, 0.05) is 6.04 Å². The lowest BCUT2D eigenvalue weighted by molar-refractivity contribution is 0.393. The Morgan fingerprint density at radius 2 is 1.80 bits per heavy atom. The highest BCUT2D eigenvalue weighted by Crippen LogP contribution is 2.11. The Hall–Kier alpha value is -0.820. The van der Waals surface area contributed by atoms with E-state index >= 15 is 0 Å². The molecule has 1 rings (SSSR count). The summed E-state index contributed by atoms with van der Waals surface area (Å²) in [6, 6.07) is 11.4. The fraction of sp³-hybridized carbons (Fsp3) is 0.571. The number of rotatable bonds is 6. The zero-order valence-corrected chi connectivity index (χ0v) is 10.2. The van der Waals surface area contributed by atoms with Gasteiger partial charge in [0.15, 0.2) is 0 Å². The van der Waals surface area contributed by atoms with Gasteiger partial charge in [-0.15, -0.1) is 0 Å². The van der Waals surface area contributed by atoms with Gasteiger partial charge in [-0.3, -0.25) is 0 Å². The van der Waals surface area contributed by atoms with Gasteiger partial charge in [0.2, 0.25) is 0 Å². The molecule has 0 aliphatic heterocycles. The summed E-state index contributed by atoms with van der Waals surface area (Å²) in [5, 5.41) is 3.39. The van der Waals surface area contributed by atoms with Crippen molar-refractivity contribution in [3.63, 3.8) is 0 Å². The Balaban J connectivity index is 2.27. The lowest BCUT2D eigenvalue weighted by atomic mass is 9.97. The summed E-state index contributed by atoms with van der Waals surface area (Å²) in [5.41, 5.74) is 1.45. The molecule has 0 aliphatic carbocycles. The molecule has 0 radical (unpaired) electrons. The van der Waals surface area contributed by atoms with Crippen LogP contribution in [0.5, 0.6) is 0 Å². The maximum atomic E-state index is 3.39. The van der Waals surface area contributed by atoms with Crippen LogP contribution in [0.3, 0.4) is 0 Å². The molecule has 0 fully saturated rings. The first-order valence-electron chi connectivity index (χ1n) is 5.95. The quantitative estimate of drug-likeness (QED) is 0.751. The van der Waals surface area contributed by atoms with Crippen LogP contribution in [0.1, 0.15) is 32.3 Å². The van der Waals surface area contributed by atoms with E-state index in [0.717, 1.165) is 5.92 Å². The Morgan fingerprint density at radius 1 is 1.13 bits per heavy atom. The number of benzene rings is 1. The number of hydrogen-bond acceptors (Lipinski definition) is 1. The lowest BCUT2D eigenvalue weighted by Gasteiger charge is -2.19. The van der Waals surface area contributed by atoms with Gasteiger partial charge in [-0.2, -0.15) is 0 Å². The molecule has 0 amide bonds. The third-order valence-corrected chi connectivity index (χ3v) is 3.00. The summed E-state index contributed by atoms with van der Waals surface area (Å²) in [7, 11) is 2.06. The predicted molar refractivity (Wildman–Crippen MR) is 67.1 cm³/mol. The van der Waals surface area contributed by atoms with Crippen LogP contribution in [0.25, 0.3) is 0 Å². The van der Waals surface area contributed by atoms with E-state index in [1.807, 2.05) is 0 Å². The summed E-state index contributed by atoms with van der Waals surface area (Å²) >= 11 is 0. The topological polar surface area (TPSA) is 12.0 Å². The van der Waals surface area contributed by atoms with Crippen molar-refractivity contribution in [2.75, 3.05) is 7.05 Å². The summed E-state index contributed by atoms with van der Waals surface area (Å²) < 4.78 is 0. The zero-order valence-electron chi connectivity index (χ0n) is 10.2. The average Bonchev–Trinajstić information content (AvgIpc) is 2.25. The van der Waals surface area contributed by atoms with Crippen LogP contribution < -0.4 is 5.32 Å². The molecule has 1 aromatic carbocycles. The molecular formula is C14H23N. The molecule has 1 nitrogen and oxygen atoms in total. The van der Waals surface area contributed by atoms with Gasteiger partial charge in [0.25, 0.3) is 0 Å². The first-order valence-corrected chi connectivity index (χ1v) is 5.95. The van der Waals surface area contributed by atoms with E-state index in [1.54, 1.807) is 0 Å². The van der Waals surface area contributed by atoms with E-state index in [1.165, 1.54) is 24.8 Å². The van der Waals surface area contributed by atoms with Crippen molar-refractivity contribution in [2.45, 2.75) is 39.2 Å². The van der Waals surface area contributed by atoms with E-state index in [4.69, 9.17) is 0 Å². The fourth-order valence-corrected chi connectivity index (χ4v) is 1.98. The van der Waals surface area contributed by atoms with E-state index in [2.05, 4.69) is 56.5 Å². The number of hydrogen-bond donors (Lipinski definition) is 1. The summed E-state index contributed by atoms with van der Waals surface area (Å²) in [6.07, 6.45) is 3.74. The normalized spacial score (nSPS) is 13.1. The SMILES string of the molecule is CNC(CCCc1ccccc1)C(C)C. The first-order chi connectivity index (χ1) is 7.24. The molecule has 0 saturated carbocycles. The van der Waals surface area contributed by atoms with Gasteiger partial charge < -0.3 is 5.32 Å². The molecule has 0 spiro atoms. The second-order valence-electron chi connectivity index (χ2n) is 4.52. The Bertz CT molecular complexity index is 253. The highest BCUT2D eigenvalue weighted by Gasteiger charge is 2.09. The van der Waals surface area contributed by atoms with Gasteiger partial charge in [-0.1, -0.05) is 44.2 Å². The third kappa shape index (κ3) is 4.48.